The number of furan rings is 1. The molecule has 0 aliphatic heterocycles. The van der Waals surface area contributed by atoms with Crippen molar-refractivity contribution in [2.45, 2.75) is 59.8 Å². The van der Waals surface area contributed by atoms with Crippen LogP contribution in [0.1, 0.15) is 61.7 Å². The average molecular weight is 576 g/mol. The van der Waals surface area contributed by atoms with Crippen LogP contribution in [0.3, 0.4) is 0 Å². The molecule has 42 heavy (non-hydrogen) atoms. The third-order valence-electron chi connectivity index (χ3n) is 6.31. The standard InChI is InChI=1S/C33H34FNO7/c1-6-39-29(37)17-23-11-10-22(20(2)36)16-28(23)41-19-21-14-24-12-13-40-31(24)27(15-21)26-9-7-8-25(30(26)34)18-35-32(38)42-33(3,4)5/h7-16H,6,17-19H2,1-5H3,(H,35,38). The molecule has 220 valence electrons. The Morgan fingerprint density at radius 2 is 1.76 bits per heavy atom. The minimum atomic E-state index is -0.676. The molecule has 8 nitrogen and oxygen atoms in total. The van der Waals surface area contributed by atoms with Crippen LogP contribution in [0.2, 0.25) is 0 Å². The Hall–Kier alpha value is -4.66. The number of Topliss-reactive ketones (excluding diaryl/α,β-unsaturated/α-hetero) is 1. The first-order chi connectivity index (χ1) is 19.9. The molecule has 0 aliphatic carbocycles. The number of amides is 1. The van der Waals surface area contributed by atoms with Gasteiger partial charge in [0, 0.05) is 39.7 Å². The fourth-order valence-corrected chi connectivity index (χ4v) is 4.42. The van der Waals surface area contributed by atoms with Crippen LogP contribution in [0.25, 0.3) is 22.1 Å². The molecule has 0 atom stereocenters. The third kappa shape index (κ3) is 7.54. The maximum absolute atomic E-state index is 15.8. The monoisotopic (exact) mass is 575 g/mol. The second-order valence-electron chi connectivity index (χ2n) is 10.8. The van der Waals surface area contributed by atoms with Crippen molar-refractivity contribution in [3.05, 3.63) is 88.9 Å². The number of alkyl carbamates (subject to hydrolysis) is 1. The summed E-state index contributed by atoms with van der Waals surface area (Å²) in [6.07, 6.45) is 0.872. The number of hydrogen-bond donors (Lipinski definition) is 1. The normalized spacial score (nSPS) is 11.3. The Balaban J connectivity index is 1.63. The quantitative estimate of drug-likeness (QED) is 0.158. The zero-order valence-electron chi connectivity index (χ0n) is 24.3. The van der Waals surface area contributed by atoms with Gasteiger partial charge in [0.05, 0.1) is 19.3 Å². The summed E-state index contributed by atoms with van der Waals surface area (Å²) in [4.78, 5) is 36.3. The molecular formula is C33H34FNO7. The molecule has 1 aromatic heterocycles. The number of fused-ring (bicyclic) bond motifs is 1. The molecule has 3 aromatic carbocycles. The number of nitrogens with one attached hydrogen (secondary N) is 1. The van der Waals surface area contributed by atoms with Crippen molar-refractivity contribution in [2.24, 2.45) is 0 Å². The van der Waals surface area contributed by atoms with Crippen LogP contribution in [-0.4, -0.2) is 30.1 Å². The van der Waals surface area contributed by atoms with Crippen molar-refractivity contribution in [2.75, 3.05) is 6.61 Å². The first-order valence-corrected chi connectivity index (χ1v) is 13.6. The predicted octanol–water partition coefficient (Wildman–Crippen LogP) is 7.15. The first-order valence-electron chi connectivity index (χ1n) is 13.6. The summed E-state index contributed by atoms with van der Waals surface area (Å²) in [6, 6.07) is 15.3. The summed E-state index contributed by atoms with van der Waals surface area (Å²) in [5.74, 6) is -0.668. The Bertz CT molecular complexity index is 1620. The number of benzene rings is 3. The molecule has 0 unspecified atom stereocenters. The van der Waals surface area contributed by atoms with Gasteiger partial charge in [-0.25, -0.2) is 9.18 Å². The zero-order valence-corrected chi connectivity index (χ0v) is 24.3. The largest absolute Gasteiger partial charge is 0.489 e. The first kappa shape index (κ1) is 30.3. The van der Waals surface area contributed by atoms with E-state index in [9.17, 15) is 14.4 Å². The molecule has 4 aromatic rings. The average Bonchev–Trinajstić information content (AvgIpc) is 3.39. The van der Waals surface area contributed by atoms with Crippen molar-refractivity contribution < 1.29 is 37.4 Å². The maximum atomic E-state index is 15.8. The summed E-state index contributed by atoms with van der Waals surface area (Å²) in [5.41, 5.74) is 2.65. The van der Waals surface area contributed by atoms with E-state index in [1.54, 1.807) is 76.2 Å². The summed E-state index contributed by atoms with van der Waals surface area (Å²) < 4.78 is 38.0. The molecule has 1 heterocycles. The van der Waals surface area contributed by atoms with E-state index in [0.717, 1.165) is 5.39 Å². The summed E-state index contributed by atoms with van der Waals surface area (Å²) in [7, 11) is 0. The molecule has 9 heteroatoms. The molecule has 0 spiro atoms. The molecule has 0 radical (unpaired) electrons. The molecule has 1 amide bonds. The van der Waals surface area contributed by atoms with Crippen LogP contribution in [0.4, 0.5) is 9.18 Å². The molecule has 0 fully saturated rings. The van der Waals surface area contributed by atoms with E-state index < -0.39 is 23.5 Å². The van der Waals surface area contributed by atoms with Gasteiger partial charge in [-0.1, -0.05) is 30.3 Å². The van der Waals surface area contributed by atoms with Crippen molar-refractivity contribution >= 4 is 28.8 Å². The van der Waals surface area contributed by atoms with Crippen LogP contribution < -0.4 is 10.1 Å². The lowest BCUT2D eigenvalue weighted by atomic mass is 9.98. The third-order valence-corrected chi connectivity index (χ3v) is 6.31. The Kier molecular flexibility index (Phi) is 9.30. The number of carbonyl (C=O) groups is 3. The second kappa shape index (κ2) is 12.9. The molecule has 1 N–H and O–H groups in total. The molecule has 4 rings (SSSR count). The van der Waals surface area contributed by atoms with Gasteiger partial charge < -0.3 is 23.9 Å². The van der Waals surface area contributed by atoms with Gasteiger partial charge in [0.2, 0.25) is 0 Å². The number of ether oxygens (including phenoxy) is 3. The Labute approximate surface area is 243 Å². The summed E-state index contributed by atoms with van der Waals surface area (Å²) in [6.45, 7) is 8.70. The highest BCUT2D eigenvalue weighted by Gasteiger charge is 2.19. The Morgan fingerprint density at radius 1 is 0.976 bits per heavy atom. The zero-order chi connectivity index (χ0) is 30.4. The summed E-state index contributed by atoms with van der Waals surface area (Å²) in [5, 5.41) is 3.34. The number of carbonyl (C=O) groups excluding carboxylic acids is 3. The van der Waals surface area contributed by atoms with Gasteiger partial charge in [-0.3, -0.25) is 9.59 Å². The van der Waals surface area contributed by atoms with Crippen molar-refractivity contribution in [1.82, 2.24) is 5.32 Å². The fraction of sp³-hybridized carbons (Fsp3) is 0.303. The topological polar surface area (TPSA) is 104 Å². The van der Waals surface area contributed by atoms with Gasteiger partial charge in [-0.2, -0.15) is 0 Å². The van der Waals surface area contributed by atoms with E-state index in [0.29, 0.717) is 39.1 Å². The van der Waals surface area contributed by atoms with Gasteiger partial charge in [0.1, 0.15) is 29.4 Å². The SMILES string of the molecule is CCOC(=O)Cc1ccc(C(C)=O)cc1OCc1cc(-c2cccc(CNC(=O)OC(C)(C)C)c2F)c2occc2c1. The molecule has 0 aliphatic rings. The number of ketones is 1. The van der Waals surface area contributed by atoms with E-state index in [4.69, 9.17) is 18.6 Å². The second-order valence-corrected chi connectivity index (χ2v) is 10.8. The molecule has 0 bridgehead atoms. The lowest BCUT2D eigenvalue weighted by molar-refractivity contribution is -0.142. The van der Waals surface area contributed by atoms with Crippen molar-refractivity contribution in [3.63, 3.8) is 0 Å². The lowest BCUT2D eigenvalue weighted by Crippen LogP contribution is -2.32. The van der Waals surface area contributed by atoms with Crippen molar-refractivity contribution in [3.8, 4) is 16.9 Å². The van der Waals surface area contributed by atoms with Crippen LogP contribution in [-0.2, 0) is 33.8 Å². The molecule has 0 saturated carbocycles. The minimum absolute atomic E-state index is 0.0112. The van der Waals surface area contributed by atoms with Crippen LogP contribution in [0.15, 0.2) is 65.3 Å². The maximum Gasteiger partial charge on any atom is 0.407 e. The fourth-order valence-electron chi connectivity index (χ4n) is 4.42. The van der Waals surface area contributed by atoms with E-state index >= 15 is 4.39 Å². The van der Waals surface area contributed by atoms with Crippen LogP contribution in [0.5, 0.6) is 5.75 Å². The van der Waals surface area contributed by atoms with Gasteiger partial charge in [-0.15, -0.1) is 0 Å². The summed E-state index contributed by atoms with van der Waals surface area (Å²) >= 11 is 0. The van der Waals surface area contributed by atoms with Crippen LogP contribution in [0, 0.1) is 5.82 Å². The number of rotatable bonds is 10. The van der Waals surface area contributed by atoms with E-state index in [-0.39, 0.29) is 37.5 Å². The van der Waals surface area contributed by atoms with E-state index in [1.807, 2.05) is 6.07 Å². The van der Waals surface area contributed by atoms with E-state index in [2.05, 4.69) is 5.32 Å². The van der Waals surface area contributed by atoms with Crippen molar-refractivity contribution in [1.29, 1.82) is 0 Å². The Morgan fingerprint density at radius 3 is 2.48 bits per heavy atom. The predicted molar refractivity (Wildman–Crippen MR) is 156 cm³/mol. The highest BCUT2D eigenvalue weighted by atomic mass is 19.1. The number of esters is 1. The smallest absolute Gasteiger partial charge is 0.407 e. The number of hydrogen-bond acceptors (Lipinski definition) is 7. The minimum Gasteiger partial charge on any atom is -0.489 e. The van der Waals surface area contributed by atoms with E-state index in [1.165, 1.54) is 13.2 Å². The molecule has 0 saturated heterocycles. The van der Waals surface area contributed by atoms with Gasteiger partial charge in [0.25, 0.3) is 0 Å². The highest BCUT2D eigenvalue weighted by molar-refractivity contribution is 5.95. The van der Waals surface area contributed by atoms with Gasteiger partial charge in [0.15, 0.2) is 5.78 Å². The van der Waals surface area contributed by atoms with Gasteiger partial charge in [-0.05, 0) is 64.4 Å². The van der Waals surface area contributed by atoms with Gasteiger partial charge >= 0.3 is 12.1 Å². The number of halogens is 1. The van der Waals surface area contributed by atoms with Crippen LogP contribution >= 0.6 is 0 Å². The lowest BCUT2D eigenvalue weighted by Gasteiger charge is -2.20. The highest BCUT2D eigenvalue weighted by Crippen LogP contribution is 2.34. The molecular weight excluding hydrogens is 541 g/mol.